The molecule has 1 heterocycles. The molecule has 0 bridgehead atoms. The Labute approximate surface area is 116 Å². The third kappa shape index (κ3) is 1.94. The smallest absolute Gasteiger partial charge is 0.0913 e. The van der Waals surface area contributed by atoms with Crippen molar-refractivity contribution in [3.05, 3.63) is 33.4 Å². The van der Waals surface area contributed by atoms with Crippen LogP contribution < -0.4 is 5.73 Å². The van der Waals surface area contributed by atoms with Gasteiger partial charge in [-0.05, 0) is 43.4 Å². The molecule has 0 aliphatic heterocycles. The molecule has 94 valence electrons. The van der Waals surface area contributed by atoms with E-state index in [4.69, 9.17) is 33.9 Å². The number of aromatic nitrogens is 1. The van der Waals surface area contributed by atoms with Crippen molar-refractivity contribution in [3.63, 3.8) is 0 Å². The highest BCUT2D eigenvalue weighted by atomic mass is 35.5. The predicted octanol–water partition coefficient (Wildman–Crippen LogP) is 4.39. The Balaban J connectivity index is 2.34. The topological polar surface area (TPSA) is 38.9 Å². The van der Waals surface area contributed by atoms with Crippen LogP contribution in [0.5, 0.6) is 0 Å². The number of fused-ring (bicyclic) bond motifs is 2. The molecule has 2 aromatic rings. The lowest BCUT2D eigenvalue weighted by molar-refractivity contribution is 0.709. The summed E-state index contributed by atoms with van der Waals surface area (Å²) in [7, 11) is 0. The van der Waals surface area contributed by atoms with Gasteiger partial charge in [0.15, 0.2) is 0 Å². The zero-order valence-corrected chi connectivity index (χ0v) is 11.5. The van der Waals surface area contributed by atoms with Crippen LogP contribution in [-0.2, 0) is 12.8 Å². The van der Waals surface area contributed by atoms with Gasteiger partial charge in [-0.3, -0.25) is 4.98 Å². The van der Waals surface area contributed by atoms with Gasteiger partial charge in [-0.2, -0.15) is 0 Å². The van der Waals surface area contributed by atoms with Crippen molar-refractivity contribution in [2.24, 2.45) is 0 Å². The minimum atomic E-state index is 0.580. The van der Waals surface area contributed by atoms with Gasteiger partial charge in [0.1, 0.15) is 0 Å². The number of nitrogens with two attached hydrogens (primary N) is 1. The fourth-order valence-electron chi connectivity index (χ4n) is 2.66. The van der Waals surface area contributed by atoms with E-state index in [0.717, 1.165) is 35.1 Å². The Kier molecular flexibility index (Phi) is 3.08. The minimum absolute atomic E-state index is 0.580. The fourth-order valence-corrected chi connectivity index (χ4v) is 3.20. The SMILES string of the molecule is Nc1c2c(nc3c(Cl)cc(Cl)cc13)CCCCC2. The van der Waals surface area contributed by atoms with Crippen LogP contribution in [-0.4, -0.2) is 4.98 Å². The summed E-state index contributed by atoms with van der Waals surface area (Å²) in [5, 5.41) is 2.07. The van der Waals surface area contributed by atoms with Gasteiger partial charge in [0.25, 0.3) is 0 Å². The summed E-state index contributed by atoms with van der Waals surface area (Å²) >= 11 is 12.3. The molecule has 0 saturated carbocycles. The van der Waals surface area contributed by atoms with E-state index in [9.17, 15) is 0 Å². The van der Waals surface area contributed by atoms with Crippen molar-refractivity contribution < 1.29 is 0 Å². The number of aryl methyl sites for hydroxylation is 1. The molecule has 18 heavy (non-hydrogen) atoms. The molecule has 1 aliphatic rings. The molecule has 1 aromatic heterocycles. The van der Waals surface area contributed by atoms with Gasteiger partial charge in [0.05, 0.1) is 10.5 Å². The second-order valence-electron chi connectivity index (χ2n) is 4.80. The summed E-state index contributed by atoms with van der Waals surface area (Å²) in [5.74, 6) is 0. The Morgan fingerprint density at radius 2 is 1.83 bits per heavy atom. The fraction of sp³-hybridized carbons (Fsp3) is 0.357. The van der Waals surface area contributed by atoms with E-state index < -0.39 is 0 Å². The zero-order valence-electron chi connectivity index (χ0n) is 9.97. The first-order valence-electron chi connectivity index (χ1n) is 6.23. The largest absolute Gasteiger partial charge is 0.398 e. The van der Waals surface area contributed by atoms with E-state index in [0.29, 0.717) is 10.0 Å². The van der Waals surface area contributed by atoms with E-state index in [1.165, 1.54) is 24.8 Å². The first-order valence-corrected chi connectivity index (χ1v) is 6.98. The maximum atomic E-state index is 6.29. The van der Waals surface area contributed by atoms with Crippen molar-refractivity contribution in [2.45, 2.75) is 32.1 Å². The van der Waals surface area contributed by atoms with Crippen LogP contribution >= 0.6 is 23.2 Å². The summed E-state index contributed by atoms with van der Waals surface area (Å²) in [5.41, 5.74) is 10.2. The quantitative estimate of drug-likeness (QED) is 0.727. The van der Waals surface area contributed by atoms with Gasteiger partial charge < -0.3 is 5.73 Å². The molecular formula is C14H14Cl2N2. The van der Waals surface area contributed by atoms with Gasteiger partial charge >= 0.3 is 0 Å². The Morgan fingerprint density at radius 1 is 1.06 bits per heavy atom. The predicted molar refractivity (Wildman–Crippen MR) is 77.4 cm³/mol. The molecule has 0 spiro atoms. The Hall–Kier alpha value is -0.990. The molecule has 2 nitrogen and oxygen atoms in total. The number of rotatable bonds is 0. The van der Waals surface area contributed by atoms with Crippen molar-refractivity contribution in [2.75, 3.05) is 5.73 Å². The van der Waals surface area contributed by atoms with Crippen molar-refractivity contribution >= 4 is 39.8 Å². The molecule has 4 heteroatoms. The summed E-state index contributed by atoms with van der Waals surface area (Å²) in [6.45, 7) is 0. The summed E-state index contributed by atoms with van der Waals surface area (Å²) in [6, 6.07) is 3.58. The lowest BCUT2D eigenvalue weighted by atomic mass is 10.0. The van der Waals surface area contributed by atoms with Crippen LogP contribution in [0.4, 0.5) is 5.69 Å². The monoisotopic (exact) mass is 280 g/mol. The lowest BCUT2D eigenvalue weighted by Gasteiger charge is -2.13. The lowest BCUT2D eigenvalue weighted by Crippen LogP contribution is -2.03. The summed E-state index contributed by atoms with van der Waals surface area (Å²) < 4.78 is 0. The third-order valence-corrected chi connectivity index (χ3v) is 4.09. The Morgan fingerprint density at radius 3 is 2.67 bits per heavy atom. The molecule has 1 aromatic carbocycles. The van der Waals surface area contributed by atoms with Gasteiger partial charge in [-0.25, -0.2) is 0 Å². The molecule has 0 amide bonds. The molecular weight excluding hydrogens is 267 g/mol. The van der Waals surface area contributed by atoms with Crippen molar-refractivity contribution in [3.8, 4) is 0 Å². The van der Waals surface area contributed by atoms with Crippen LogP contribution in [0.2, 0.25) is 10.0 Å². The average molecular weight is 281 g/mol. The van der Waals surface area contributed by atoms with E-state index in [1.807, 2.05) is 6.07 Å². The molecule has 0 fully saturated rings. The van der Waals surface area contributed by atoms with E-state index in [1.54, 1.807) is 6.07 Å². The van der Waals surface area contributed by atoms with Crippen LogP contribution in [0, 0.1) is 0 Å². The Bertz CT molecular complexity index is 623. The van der Waals surface area contributed by atoms with E-state index >= 15 is 0 Å². The summed E-state index contributed by atoms with van der Waals surface area (Å²) in [4.78, 5) is 4.71. The average Bonchev–Trinajstić information content (AvgIpc) is 2.56. The van der Waals surface area contributed by atoms with Gasteiger partial charge in [0, 0.05) is 21.8 Å². The highest BCUT2D eigenvalue weighted by molar-refractivity contribution is 6.38. The normalized spacial score (nSPS) is 15.4. The maximum Gasteiger partial charge on any atom is 0.0913 e. The number of anilines is 1. The second-order valence-corrected chi connectivity index (χ2v) is 5.64. The number of nitrogen functional groups attached to an aromatic ring is 1. The van der Waals surface area contributed by atoms with Crippen molar-refractivity contribution in [1.82, 2.24) is 4.98 Å². The molecule has 1 aliphatic carbocycles. The van der Waals surface area contributed by atoms with Crippen molar-refractivity contribution in [1.29, 1.82) is 0 Å². The van der Waals surface area contributed by atoms with Crippen LogP contribution in [0.15, 0.2) is 12.1 Å². The third-order valence-electron chi connectivity index (χ3n) is 3.58. The molecule has 0 radical (unpaired) electrons. The number of hydrogen-bond donors (Lipinski definition) is 1. The van der Waals surface area contributed by atoms with E-state index in [-0.39, 0.29) is 0 Å². The number of hydrogen-bond acceptors (Lipinski definition) is 2. The van der Waals surface area contributed by atoms with Gasteiger partial charge in [-0.15, -0.1) is 0 Å². The maximum absolute atomic E-state index is 6.29. The van der Waals surface area contributed by atoms with Crippen LogP contribution in [0.1, 0.15) is 30.5 Å². The zero-order chi connectivity index (χ0) is 12.7. The molecule has 2 N–H and O–H groups in total. The number of pyridine rings is 1. The van der Waals surface area contributed by atoms with Gasteiger partial charge in [-0.1, -0.05) is 29.6 Å². The highest BCUT2D eigenvalue weighted by Gasteiger charge is 2.17. The number of benzene rings is 1. The number of nitrogens with zero attached hydrogens (tertiary/aromatic N) is 1. The highest BCUT2D eigenvalue weighted by Crippen LogP contribution is 2.35. The molecule has 0 unspecified atom stereocenters. The van der Waals surface area contributed by atoms with Gasteiger partial charge in [0.2, 0.25) is 0 Å². The standard InChI is InChI=1S/C14H14Cl2N2/c15-8-6-10-13(17)9-4-2-1-3-5-12(9)18-14(10)11(16)7-8/h6-7H,1-5H2,(H2,17,18). The minimum Gasteiger partial charge on any atom is -0.398 e. The molecule has 3 rings (SSSR count). The number of halogens is 2. The van der Waals surface area contributed by atoms with E-state index in [2.05, 4.69) is 0 Å². The van der Waals surface area contributed by atoms with Crippen LogP contribution in [0.3, 0.4) is 0 Å². The van der Waals surface area contributed by atoms with Crippen LogP contribution in [0.25, 0.3) is 10.9 Å². The molecule has 0 atom stereocenters. The second kappa shape index (κ2) is 4.60. The summed E-state index contributed by atoms with van der Waals surface area (Å²) in [6.07, 6.45) is 5.60. The molecule has 0 saturated heterocycles. The first-order chi connectivity index (χ1) is 8.66. The first kappa shape index (κ1) is 12.1.